The van der Waals surface area contributed by atoms with Crippen molar-refractivity contribution in [2.45, 2.75) is 53.1 Å². The van der Waals surface area contributed by atoms with Gasteiger partial charge in [0.15, 0.2) is 0 Å². The average molecular weight is 241 g/mol. The topological polar surface area (TPSA) is 12.5 Å². The molecule has 1 saturated carbocycles. The zero-order valence-electron chi connectivity index (χ0n) is 12.4. The fourth-order valence-electron chi connectivity index (χ4n) is 2.76. The molecule has 17 heavy (non-hydrogen) atoms. The van der Waals surface area contributed by atoms with Gasteiger partial charge in [-0.3, -0.25) is 0 Å². The summed E-state index contributed by atoms with van der Waals surface area (Å²) in [5, 5.41) is 0. The van der Waals surface area contributed by atoms with Crippen molar-refractivity contribution in [3.63, 3.8) is 0 Å². The third-order valence-electron chi connectivity index (χ3n) is 3.50. The SMILES string of the molecule is CC(C)CC1CC(OCCN(C)CC(C)C)C1. The molecule has 0 N–H and O–H groups in total. The van der Waals surface area contributed by atoms with E-state index in [1.54, 1.807) is 0 Å². The molecule has 0 radical (unpaired) electrons. The summed E-state index contributed by atoms with van der Waals surface area (Å²) in [6, 6.07) is 0. The van der Waals surface area contributed by atoms with Crippen LogP contribution in [0.4, 0.5) is 0 Å². The highest BCUT2D eigenvalue weighted by molar-refractivity contribution is 4.80. The van der Waals surface area contributed by atoms with Crippen LogP contribution >= 0.6 is 0 Å². The van der Waals surface area contributed by atoms with Crippen LogP contribution in [-0.4, -0.2) is 37.7 Å². The third kappa shape index (κ3) is 6.42. The molecule has 0 unspecified atom stereocenters. The lowest BCUT2D eigenvalue weighted by Gasteiger charge is -2.36. The molecule has 1 aliphatic rings. The highest BCUT2D eigenvalue weighted by Crippen LogP contribution is 2.34. The van der Waals surface area contributed by atoms with Gasteiger partial charge in [-0.25, -0.2) is 0 Å². The normalized spacial score (nSPS) is 24.7. The average Bonchev–Trinajstić information content (AvgIpc) is 2.11. The van der Waals surface area contributed by atoms with E-state index in [1.165, 1.54) is 25.8 Å². The Bertz CT molecular complexity index is 197. The van der Waals surface area contributed by atoms with Crippen molar-refractivity contribution < 1.29 is 4.74 Å². The number of hydrogen-bond donors (Lipinski definition) is 0. The molecule has 0 amide bonds. The van der Waals surface area contributed by atoms with Crippen molar-refractivity contribution >= 4 is 0 Å². The first-order chi connectivity index (χ1) is 7.97. The largest absolute Gasteiger partial charge is 0.377 e. The zero-order chi connectivity index (χ0) is 12.8. The fourth-order valence-corrected chi connectivity index (χ4v) is 2.76. The van der Waals surface area contributed by atoms with Crippen LogP contribution in [0.1, 0.15) is 47.0 Å². The van der Waals surface area contributed by atoms with Gasteiger partial charge in [0.2, 0.25) is 0 Å². The number of ether oxygens (including phenoxy) is 1. The standard InChI is InChI=1S/C15H31NO/c1-12(2)8-14-9-15(10-14)17-7-6-16(5)11-13(3)4/h12-15H,6-11H2,1-5H3. The quantitative estimate of drug-likeness (QED) is 0.645. The molecule has 1 rings (SSSR count). The first-order valence-corrected chi connectivity index (χ1v) is 7.27. The molecule has 0 heterocycles. The van der Waals surface area contributed by atoms with Crippen molar-refractivity contribution in [3.05, 3.63) is 0 Å². The summed E-state index contributed by atoms with van der Waals surface area (Å²) in [4.78, 5) is 2.37. The van der Waals surface area contributed by atoms with Gasteiger partial charge in [-0.1, -0.05) is 27.7 Å². The highest BCUT2D eigenvalue weighted by atomic mass is 16.5. The Hall–Kier alpha value is -0.0800. The summed E-state index contributed by atoms with van der Waals surface area (Å²) < 4.78 is 5.90. The third-order valence-corrected chi connectivity index (χ3v) is 3.50. The van der Waals surface area contributed by atoms with Gasteiger partial charge >= 0.3 is 0 Å². The number of hydrogen-bond acceptors (Lipinski definition) is 2. The molecule has 2 heteroatoms. The highest BCUT2D eigenvalue weighted by Gasteiger charge is 2.29. The number of rotatable bonds is 8. The van der Waals surface area contributed by atoms with Crippen molar-refractivity contribution in [1.82, 2.24) is 4.90 Å². The molecule has 1 aliphatic carbocycles. The van der Waals surface area contributed by atoms with Crippen LogP contribution in [0, 0.1) is 17.8 Å². The van der Waals surface area contributed by atoms with E-state index >= 15 is 0 Å². The molecule has 0 aromatic heterocycles. The Balaban J connectivity index is 1.95. The maximum absolute atomic E-state index is 5.90. The molecule has 2 nitrogen and oxygen atoms in total. The van der Waals surface area contributed by atoms with E-state index in [0.29, 0.717) is 6.10 Å². The van der Waals surface area contributed by atoms with Crippen LogP contribution in [0.3, 0.4) is 0 Å². The molecule has 1 fully saturated rings. The van der Waals surface area contributed by atoms with Gasteiger partial charge in [-0.15, -0.1) is 0 Å². The van der Waals surface area contributed by atoms with Crippen LogP contribution in [-0.2, 0) is 4.74 Å². The van der Waals surface area contributed by atoms with Crippen LogP contribution in [0.15, 0.2) is 0 Å². The number of nitrogens with zero attached hydrogens (tertiary/aromatic N) is 1. The molecule has 0 saturated heterocycles. The van der Waals surface area contributed by atoms with Crippen LogP contribution in [0.2, 0.25) is 0 Å². The number of likely N-dealkylation sites (N-methyl/N-ethyl adjacent to an activating group) is 1. The van der Waals surface area contributed by atoms with E-state index in [4.69, 9.17) is 4.74 Å². The fraction of sp³-hybridized carbons (Fsp3) is 1.00. The van der Waals surface area contributed by atoms with Gasteiger partial charge in [0.05, 0.1) is 12.7 Å². The Morgan fingerprint density at radius 2 is 1.76 bits per heavy atom. The van der Waals surface area contributed by atoms with Crippen molar-refractivity contribution in [3.8, 4) is 0 Å². The molecule has 102 valence electrons. The van der Waals surface area contributed by atoms with E-state index < -0.39 is 0 Å². The van der Waals surface area contributed by atoms with Gasteiger partial charge in [0.25, 0.3) is 0 Å². The second-order valence-electron chi connectivity index (χ2n) is 6.62. The Labute approximate surface area is 108 Å². The Morgan fingerprint density at radius 3 is 2.29 bits per heavy atom. The molecular formula is C15H31NO. The van der Waals surface area contributed by atoms with Crippen LogP contribution in [0.5, 0.6) is 0 Å². The minimum atomic E-state index is 0.561. The lowest BCUT2D eigenvalue weighted by molar-refractivity contribution is -0.0407. The predicted molar refractivity (Wildman–Crippen MR) is 74.3 cm³/mol. The lowest BCUT2D eigenvalue weighted by Crippen LogP contribution is -2.35. The smallest absolute Gasteiger partial charge is 0.0597 e. The predicted octanol–water partition coefficient (Wildman–Crippen LogP) is 3.42. The monoisotopic (exact) mass is 241 g/mol. The van der Waals surface area contributed by atoms with E-state index in [-0.39, 0.29) is 0 Å². The first kappa shape index (κ1) is 15.0. The van der Waals surface area contributed by atoms with Gasteiger partial charge in [-0.05, 0) is 44.1 Å². The molecule has 0 aromatic rings. The molecule has 0 atom stereocenters. The van der Waals surface area contributed by atoms with Crippen molar-refractivity contribution in [2.24, 2.45) is 17.8 Å². The minimum Gasteiger partial charge on any atom is -0.377 e. The second-order valence-corrected chi connectivity index (χ2v) is 6.62. The van der Waals surface area contributed by atoms with Gasteiger partial charge in [0.1, 0.15) is 0 Å². The van der Waals surface area contributed by atoms with Gasteiger partial charge < -0.3 is 9.64 Å². The van der Waals surface area contributed by atoms with E-state index in [9.17, 15) is 0 Å². The molecule has 0 spiro atoms. The van der Waals surface area contributed by atoms with E-state index in [1.807, 2.05) is 0 Å². The zero-order valence-corrected chi connectivity index (χ0v) is 12.4. The lowest BCUT2D eigenvalue weighted by atomic mass is 9.77. The first-order valence-electron chi connectivity index (χ1n) is 7.27. The van der Waals surface area contributed by atoms with E-state index in [2.05, 4.69) is 39.6 Å². The van der Waals surface area contributed by atoms with Gasteiger partial charge in [-0.2, -0.15) is 0 Å². The summed E-state index contributed by atoms with van der Waals surface area (Å²) in [5.41, 5.74) is 0. The maximum Gasteiger partial charge on any atom is 0.0597 e. The summed E-state index contributed by atoms with van der Waals surface area (Å²) in [5.74, 6) is 2.53. The summed E-state index contributed by atoms with van der Waals surface area (Å²) in [6.07, 6.45) is 4.54. The second kappa shape index (κ2) is 7.38. The van der Waals surface area contributed by atoms with Crippen LogP contribution < -0.4 is 0 Å². The molecule has 0 aliphatic heterocycles. The Morgan fingerprint density at radius 1 is 1.12 bits per heavy atom. The Kier molecular flexibility index (Phi) is 6.50. The van der Waals surface area contributed by atoms with Gasteiger partial charge in [0, 0.05) is 13.1 Å². The minimum absolute atomic E-state index is 0.561. The van der Waals surface area contributed by atoms with E-state index in [0.717, 1.165) is 30.9 Å². The summed E-state index contributed by atoms with van der Waals surface area (Å²) >= 11 is 0. The van der Waals surface area contributed by atoms with Crippen LogP contribution in [0.25, 0.3) is 0 Å². The van der Waals surface area contributed by atoms with Crippen molar-refractivity contribution in [2.75, 3.05) is 26.7 Å². The molecule has 0 aromatic carbocycles. The summed E-state index contributed by atoms with van der Waals surface area (Å²) in [7, 11) is 2.19. The van der Waals surface area contributed by atoms with Crippen molar-refractivity contribution in [1.29, 1.82) is 0 Å². The molecule has 0 bridgehead atoms. The molecular weight excluding hydrogens is 210 g/mol. The summed E-state index contributed by atoms with van der Waals surface area (Å²) in [6.45, 7) is 12.3. The maximum atomic E-state index is 5.90.